The second-order valence-electron chi connectivity index (χ2n) is 13.4. The molecule has 0 amide bonds. The molecule has 0 heteroatoms. The van der Waals surface area contributed by atoms with Crippen LogP contribution in [-0.4, -0.2) is 0 Å². The molecule has 4 aliphatic carbocycles. The standard InChI is InChI=1S/C28H48.C5H8.2C2H6.H2/c1-7-19(3)17-20(4)25-11-12-26-24-10-9-21-18-27(5,8-2)15-13-22(21)23(24)14-16-28(25,26)6;1-4-5(2)3;2*1-2;/h7,20-26H,8-18H2,1-6H3;4H,1-2H2,3H3;2*1-2H3;1H/b19-7+;;;;/t20?,21?,22?,23?,24?,25?,26?,27-,28?;;;;/m0..../s1. The molecule has 0 heterocycles. The van der Waals surface area contributed by atoms with Gasteiger partial charge in [0, 0.05) is 1.43 Å². The molecule has 4 saturated carbocycles. The first-order valence-corrected chi connectivity index (χ1v) is 16.5. The summed E-state index contributed by atoms with van der Waals surface area (Å²) in [6.45, 7) is 31.8. The lowest BCUT2D eigenvalue weighted by Crippen LogP contribution is -2.50. The van der Waals surface area contributed by atoms with Crippen molar-refractivity contribution in [3.63, 3.8) is 0 Å². The molecule has 0 radical (unpaired) electrons. The quantitative estimate of drug-likeness (QED) is 0.253. The Morgan fingerprint density at radius 1 is 0.919 bits per heavy atom. The fourth-order valence-corrected chi connectivity index (χ4v) is 9.25. The van der Waals surface area contributed by atoms with Crippen LogP contribution in [0.1, 0.15) is 148 Å². The highest BCUT2D eigenvalue weighted by molar-refractivity contribution is 5.09. The number of allylic oxidation sites excluding steroid dienone is 4. The normalized spacial score (nSPS) is 38.9. The summed E-state index contributed by atoms with van der Waals surface area (Å²) >= 11 is 0. The Balaban J connectivity index is 0.00000121. The number of fused-ring (bicyclic) bond motifs is 5. The van der Waals surface area contributed by atoms with Crippen LogP contribution in [0.5, 0.6) is 0 Å². The summed E-state index contributed by atoms with van der Waals surface area (Å²) in [4.78, 5) is 0. The summed E-state index contributed by atoms with van der Waals surface area (Å²) < 4.78 is 0. The van der Waals surface area contributed by atoms with Gasteiger partial charge in [-0.1, -0.05) is 98.3 Å². The van der Waals surface area contributed by atoms with Crippen molar-refractivity contribution in [1.82, 2.24) is 0 Å². The van der Waals surface area contributed by atoms with E-state index in [9.17, 15) is 0 Å². The minimum absolute atomic E-state index is 0. The van der Waals surface area contributed by atoms with Gasteiger partial charge in [-0.3, -0.25) is 0 Å². The minimum atomic E-state index is 0. The molecular weight excluding hydrogens is 444 g/mol. The maximum atomic E-state index is 3.56. The van der Waals surface area contributed by atoms with E-state index in [4.69, 9.17) is 0 Å². The minimum Gasteiger partial charge on any atom is -0.0988 e. The van der Waals surface area contributed by atoms with Crippen LogP contribution >= 0.6 is 0 Å². The highest BCUT2D eigenvalue weighted by atomic mass is 14.6. The third kappa shape index (κ3) is 8.11. The average molecular weight is 515 g/mol. The van der Waals surface area contributed by atoms with Crippen molar-refractivity contribution in [2.24, 2.45) is 52.3 Å². The van der Waals surface area contributed by atoms with Gasteiger partial charge >= 0.3 is 0 Å². The maximum Gasteiger partial charge on any atom is 0 e. The number of hydrogen-bond donors (Lipinski definition) is 0. The van der Waals surface area contributed by atoms with E-state index < -0.39 is 0 Å². The largest absolute Gasteiger partial charge is 0.0988 e. The molecule has 0 aromatic rings. The van der Waals surface area contributed by atoms with Crippen LogP contribution in [0.2, 0.25) is 0 Å². The molecule has 9 atom stereocenters. The average Bonchev–Trinajstić information content (AvgIpc) is 3.28. The zero-order chi connectivity index (χ0) is 28.4. The van der Waals surface area contributed by atoms with Gasteiger partial charge in [-0.2, -0.15) is 0 Å². The van der Waals surface area contributed by atoms with Crippen molar-refractivity contribution < 1.29 is 1.43 Å². The van der Waals surface area contributed by atoms with E-state index in [1.807, 2.05) is 34.6 Å². The third-order valence-electron chi connectivity index (χ3n) is 11.5. The van der Waals surface area contributed by atoms with Gasteiger partial charge in [0.25, 0.3) is 0 Å². The van der Waals surface area contributed by atoms with Crippen molar-refractivity contribution in [3.8, 4) is 0 Å². The molecule has 0 N–H and O–H groups in total. The highest BCUT2D eigenvalue weighted by Gasteiger charge is 2.58. The Labute approximate surface area is 236 Å². The zero-order valence-corrected chi connectivity index (χ0v) is 27.4. The van der Waals surface area contributed by atoms with Crippen LogP contribution < -0.4 is 0 Å². The topological polar surface area (TPSA) is 0 Å². The summed E-state index contributed by atoms with van der Waals surface area (Å²) in [6, 6.07) is 0. The van der Waals surface area contributed by atoms with Gasteiger partial charge in [0.2, 0.25) is 0 Å². The Morgan fingerprint density at radius 3 is 2.05 bits per heavy atom. The van der Waals surface area contributed by atoms with Gasteiger partial charge in [-0.05, 0) is 137 Å². The smallest absolute Gasteiger partial charge is 0 e. The first kappa shape index (κ1) is 34.2. The number of hydrogen-bond acceptors (Lipinski definition) is 0. The summed E-state index contributed by atoms with van der Waals surface area (Å²) in [5, 5.41) is 0. The maximum absolute atomic E-state index is 3.56. The van der Waals surface area contributed by atoms with E-state index in [1.54, 1.807) is 50.2 Å². The Morgan fingerprint density at radius 2 is 1.51 bits per heavy atom. The molecule has 0 nitrogen and oxygen atoms in total. The molecule has 37 heavy (non-hydrogen) atoms. The van der Waals surface area contributed by atoms with Crippen molar-refractivity contribution >= 4 is 0 Å². The van der Waals surface area contributed by atoms with Gasteiger partial charge in [0.15, 0.2) is 0 Å². The van der Waals surface area contributed by atoms with Gasteiger partial charge in [-0.15, -0.1) is 0 Å². The van der Waals surface area contributed by atoms with E-state index >= 15 is 0 Å². The van der Waals surface area contributed by atoms with Gasteiger partial charge < -0.3 is 0 Å². The third-order valence-corrected chi connectivity index (χ3v) is 11.5. The molecule has 0 aromatic heterocycles. The lowest BCUT2D eigenvalue weighted by molar-refractivity contribution is -0.0829. The molecule has 0 aromatic carbocycles. The number of rotatable bonds is 5. The molecule has 0 bridgehead atoms. The van der Waals surface area contributed by atoms with Crippen molar-refractivity contribution in [3.05, 3.63) is 36.5 Å². The Kier molecular flexibility index (Phi) is 14.6. The van der Waals surface area contributed by atoms with Crippen molar-refractivity contribution in [2.75, 3.05) is 0 Å². The molecule has 4 rings (SSSR count). The monoisotopic (exact) mass is 515 g/mol. The second-order valence-corrected chi connectivity index (χ2v) is 13.4. The van der Waals surface area contributed by atoms with Crippen LogP contribution in [-0.2, 0) is 0 Å². The highest BCUT2D eigenvalue weighted by Crippen LogP contribution is 2.66. The SMILES string of the molecule is C/C=C(\C)CC(C)C1CCC2C3CCC4C[C@@](C)(CC)CCC4C3CCC12C.C=CC(=C)C.CC.CC.[HH]. The molecule has 4 aliphatic rings. The fraction of sp³-hybridized carbons (Fsp3) is 0.838. The van der Waals surface area contributed by atoms with Gasteiger partial charge in [0.05, 0.1) is 0 Å². The fourth-order valence-electron chi connectivity index (χ4n) is 9.25. The van der Waals surface area contributed by atoms with Crippen LogP contribution in [0, 0.1) is 52.3 Å². The molecule has 4 fully saturated rings. The molecular formula is C37H70. The van der Waals surface area contributed by atoms with E-state index in [1.165, 1.54) is 32.1 Å². The van der Waals surface area contributed by atoms with E-state index in [0.29, 0.717) is 10.8 Å². The van der Waals surface area contributed by atoms with Gasteiger partial charge in [-0.25, -0.2) is 0 Å². The summed E-state index contributed by atoms with van der Waals surface area (Å²) in [5.41, 5.74) is 3.93. The lowest BCUT2D eigenvalue weighted by Gasteiger charge is -2.58. The van der Waals surface area contributed by atoms with Crippen LogP contribution in [0.3, 0.4) is 0 Å². The first-order chi connectivity index (χ1) is 17.6. The molecule has 0 spiro atoms. The van der Waals surface area contributed by atoms with E-state index in [-0.39, 0.29) is 1.43 Å². The lowest BCUT2D eigenvalue weighted by atomic mass is 9.47. The Hall–Kier alpha value is -0.780. The van der Waals surface area contributed by atoms with E-state index in [2.05, 4.69) is 60.8 Å². The Bertz CT molecular complexity index is 718. The van der Waals surface area contributed by atoms with Crippen molar-refractivity contribution in [1.29, 1.82) is 0 Å². The van der Waals surface area contributed by atoms with Crippen molar-refractivity contribution in [2.45, 2.75) is 147 Å². The summed E-state index contributed by atoms with van der Waals surface area (Å²) in [5.74, 6) is 7.21. The van der Waals surface area contributed by atoms with Crippen LogP contribution in [0.4, 0.5) is 0 Å². The molecule has 218 valence electrons. The summed E-state index contributed by atoms with van der Waals surface area (Å²) in [7, 11) is 0. The predicted molar refractivity (Wildman–Crippen MR) is 172 cm³/mol. The summed E-state index contributed by atoms with van der Waals surface area (Å²) in [6.07, 6.45) is 20.7. The first-order valence-electron chi connectivity index (χ1n) is 16.5. The van der Waals surface area contributed by atoms with Gasteiger partial charge in [0.1, 0.15) is 0 Å². The van der Waals surface area contributed by atoms with E-state index in [0.717, 1.165) is 47.0 Å². The predicted octanol–water partition coefficient (Wildman–Crippen LogP) is 12.7. The second kappa shape index (κ2) is 15.7. The zero-order valence-electron chi connectivity index (χ0n) is 27.4. The van der Waals surface area contributed by atoms with Crippen LogP contribution in [0.25, 0.3) is 0 Å². The molecule has 8 unspecified atom stereocenters. The molecule has 0 saturated heterocycles. The van der Waals surface area contributed by atoms with Crippen LogP contribution in [0.15, 0.2) is 36.5 Å². The molecule has 0 aliphatic heterocycles.